The van der Waals surface area contributed by atoms with Gasteiger partial charge < -0.3 is 10.8 Å². The maximum atomic E-state index is 8.94. The predicted octanol–water partition coefficient (Wildman–Crippen LogP) is 2.24. The molecule has 0 bridgehead atoms. The first kappa shape index (κ1) is 12.9. The number of aliphatic hydroxyl groups excluding tert-OH is 1. The molecule has 1 aromatic rings. The molecule has 4 heteroatoms. The van der Waals surface area contributed by atoms with E-state index in [1.54, 1.807) is 0 Å². The molecule has 0 amide bonds. The zero-order valence-corrected chi connectivity index (χ0v) is 11.5. The second-order valence-electron chi connectivity index (χ2n) is 4.71. The van der Waals surface area contributed by atoms with E-state index in [1.165, 1.54) is 12.0 Å². The van der Waals surface area contributed by atoms with E-state index in [2.05, 4.69) is 20.8 Å². The lowest BCUT2D eigenvalue weighted by atomic mass is 10.1. The molecule has 94 valence electrons. The van der Waals surface area contributed by atoms with E-state index >= 15 is 0 Å². The van der Waals surface area contributed by atoms with Gasteiger partial charge in [0.1, 0.15) is 0 Å². The van der Waals surface area contributed by atoms with Gasteiger partial charge in [-0.2, -0.15) is 0 Å². The van der Waals surface area contributed by atoms with Gasteiger partial charge in [-0.15, -0.1) is 0 Å². The average molecular weight is 299 g/mol. The summed E-state index contributed by atoms with van der Waals surface area (Å²) in [4.78, 5) is 2.41. The third-order valence-electron chi connectivity index (χ3n) is 3.44. The number of anilines is 1. The fourth-order valence-corrected chi connectivity index (χ4v) is 2.95. The molecule has 0 radical (unpaired) electrons. The lowest BCUT2D eigenvalue weighted by Crippen LogP contribution is -2.21. The molecule has 1 aromatic carbocycles. The Morgan fingerprint density at radius 3 is 3.00 bits per heavy atom. The fourth-order valence-electron chi connectivity index (χ4n) is 2.44. The van der Waals surface area contributed by atoms with E-state index in [9.17, 15) is 0 Å². The van der Waals surface area contributed by atoms with Crippen LogP contribution in [0.4, 0.5) is 5.69 Å². The molecule has 0 aliphatic carbocycles. The first-order valence-corrected chi connectivity index (χ1v) is 6.86. The standard InChI is InChI=1S/C13H19BrN2O/c14-12-2-1-3-13(15)11(12)9-16-6-4-10(8-16)5-7-17/h1-3,10,17H,4-9,15H2. The van der Waals surface area contributed by atoms with Crippen molar-refractivity contribution < 1.29 is 5.11 Å². The number of halogens is 1. The Morgan fingerprint density at radius 2 is 2.29 bits per heavy atom. The number of nitrogens with two attached hydrogens (primary N) is 1. The minimum absolute atomic E-state index is 0.301. The molecule has 1 aliphatic heterocycles. The van der Waals surface area contributed by atoms with Crippen molar-refractivity contribution in [3.05, 3.63) is 28.2 Å². The molecular weight excluding hydrogens is 280 g/mol. The topological polar surface area (TPSA) is 49.5 Å². The van der Waals surface area contributed by atoms with Crippen LogP contribution in [0.2, 0.25) is 0 Å². The van der Waals surface area contributed by atoms with Crippen molar-refractivity contribution in [2.45, 2.75) is 19.4 Å². The lowest BCUT2D eigenvalue weighted by Gasteiger charge is -2.18. The van der Waals surface area contributed by atoms with Crippen LogP contribution in [0.25, 0.3) is 0 Å². The van der Waals surface area contributed by atoms with Crippen molar-refractivity contribution in [1.82, 2.24) is 4.90 Å². The van der Waals surface area contributed by atoms with E-state index in [-0.39, 0.29) is 0 Å². The highest BCUT2D eigenvalue weighted by molar-refractivity contribution is 9.10. The van der Waals surface area contributed by atoms with Crippen molar-refractivity contribution in [3.8, 4) is 0 Å². The van der Waals surface area contributed by atoms with Crippen LogP contribution in [0.1, 0.15) is 18.4 Å². The number of hydrogen-bond acceptors (Lipinski definition) is 3. The van der Waals surface area contributed by atoms with E-state index in [0.29, 0.717) is 12.5 Å². The lowest BCUT2D eigenvalue weighted by molar-refractivity contribution is 0.249. The summed E-state index contributed by atoms with van der Waals surface area (Å²) < 4.78 is 1.09. The first-order chi connectivity index (χ1) is 8.20. The Labute approximate surface area is 111 Å². The smallest absolute Gasteiger partial charge is 0.0434 e. The Bertz CT molecular complexity index is 363. The van der Waals surface area contributed by atoms with Gasteiger partial charge in [0.15, 0.2) is 0 Å². The van der Waals surface area contributed by atoms with Gasteiger partial charge in [-0.25, -0.2) is 0 Å². The fraction of sp³-hybridized carbons (Fsp3) is 0.538. The van der Waals surface area contributed by atoms with Crippen LogP contribution in [0.5, 0.6) is 0 Å². The van der Waals surface area contributed by atoms with E-state index in [0.717, 1.165) is 36.2 Å². The number of hydrogen-bond donors (Lipinski definition) is 2. The van der Waals surface area contributed by atoms with Crippen molar-refractivity contribution in [3.63, 3.8) is 0 Å². The van der Waals surface area contributed by atoms with Crippen molar-refractivity contribution in [2.75, 3.05) is 25.4 Å². The van der Waals surface area contributed by atoms with Gasteiger partial charge in [0.2, 0.25) is 0 Å². The normalized spacial score (nSPS) is 20.9. The summed E-state index contributed by atoms with van der Waals surface area (Å²) in [6.07, 6.45) is 2.10. The highest BCUT2D eigenvalue weighted by Crippen LogP contribution is 2.27. The van der Waals surface area contributed by atoms with Crippen LogP contribution in [0, 0.1) is 5.92 Å². The zero-order valence-electron chi connectivity index (χ0n) is 9.90. The largest absolute Gasteiger partial charge is 0.398 e. The molecule has 1 saturated heterocycles. The summed E-state index contributed by atoms with van der Waals surface area (Å²) in [6.45, 7) is 3.37. The molecule has 1 fully saturated rings. The third kappa shape index (κ3) is 3.21. The highest BCUT2D eigenvalue weighted by Gasteiger charge is 2.22. The van der Waals surface area contributed by atoms with Crippen LogP contribution in [-0.2, 0) is 6.54 Å². The average Bonchev–Trinajstić information content (AvgIpc) is 2.72. The summed E-state index contributed by atoms with van der Waals surface area (Å²) >= 11 is 3.55. The minimum Gasteiger partial charge on any atom is -0.398 e. The van der Waals surface area contributed by atoms with Crippen LogP contribution in [0.15, 0.2) is 22.7 Å². The van der Waals surface area contributed by atoms with Crippen LogP contribution in [-0.4, -0.2) is 29.7 Å². The van der Waals surface area contributed by atoms with E-state index < -0.39 is 0 Å². The van der Waals surface area contributed by atoms with E-state index in [1.807, 2.05) is 18.2 Å². The number of benzene rings is 1. The molecule has 0 saturated carbocycles. The molecule has 1 heterocycles. The summed E-state index contributed by atoms with van der Waals surface area (Å²) in [5.41, 5.74) is 8.03. The first-order valence-electron chi connectivity index (χ1n) is 6.06. The molecule has 1 aliphatic rings. The summed E-state index contributed by atoms with van der Waals surface area (Å²) in [7, 11) is 0. The molecule has 17 heavy (non-hydrogen) atoms. The van der Waals surface area contributed by atoms with Crippen LogP contribution < -0.4 is 5.73 Å². The monoisotopic (exact) mass is 298 g/mol. The van der Waals surface area contributed by atoms with Crippen molar-refractivity contribution in [1.29, 1.82) is 0 Å². The SMILES string of the molecule is Nc1cccc(Br)c1CN1CCC(CCO)C1. The highest BCUT2D eigenvalue weighted by atomic mass is 79.9. The predicted molar refractivity (Wildman–Crippen MR) is 73.6 cm³/mol. The maximum absolute atomic E-state index is 8.94. The van der Waals surface area contributed by atoms with Crippen LogP contribution in [0.3, 0.4) is 0 Å². The van der Waals surface area contributed by atoms with Gasteiger partial charge in [-0.1, -0.05) is 22.0 Å². The van der Waals surface area contributed by atoms with Crippen molar-refractivity contribution in [2.24, 2.45) is 5.92 Å². The molecule has 3 nitrogen and oxygen atoms in total. The maximum Gasteiger partial charge on any atom is 0.0434 e. The molecule has 1 unspecified atom stereocenters. The Morgan fingerprint density at radius 1 is 1.47 bits per heavy atom. The van der Waals surface area contributed by atoms with Gasteiger partial charge in [-0.3, -0.25) is 4.90 Å². The number of rotatable bonds is 4. The minimum atomic E-state index is 0.301. The summed E-state index contributed by atoms with van der Waals surface area (Å²) in [5.74, 6) is 0.642. The summed E-state index contributed by atoms with van der Waals surface area (Å²) in [6, 6.07) is 5.94. The third-order valence-corrected chi connectivity index (χ3v) is 4.19. The van der Waals surface area contributed by atoms with Gasteiger partial charge in [0.05, 0.1) is 0 Å². The Balaban J connectivity index is 1.98. The number of aliphatic hydroxyl groups is 1. The van der Waals surface area contributed by atoms with Crippen molar-refractivity contribution >= 4 is 21.6 Å². The number of nitrogens with zero attached hydrogens (tertiary/aromatic N) is 1. The molecular formula is C13H19BrN2O. The molecule has 1 atom stereocenters. The van der Waals surface area contributed by atoms with E-state index in [4.69, 9.17) is 10.8 Å². The Kier molecular flexibility index (Phi) is 4.42. The molecule has 3 N–H and O–H groups in total. The number of likely N-dealkylation sites (tertiary alicyclic amines) is 1. The van der Waals surface area contributed by atoms with Gasteiger partial charge in [0.25, 0.3) is 0 Å². The van der Waals surface area contributed by atoms with Crippen LogP contribution >= 0.6 is 15.9 Å². The summed E-state index contributed by atoms with van der Waals surface area (Å²) in [5, 5.41) is 8.94. The zero-order chi connectivity index (χ0) is 12.3. The molecule has 2 rings (SSSR count). The molecule has 0 spiro atoms. The van der Waals surface area contributed by atoms with Gasteiger partial charge in [-0.05, 0) is 37.4 Å². The van der Waals surface area contributed by atoms with Gasteiger partial charge >= 0.3 is 0 Å². The Hall–Kier alpha value is -0.580. The second kappa shape index (κ2) is 5.85. The molecule has 0 aromatic heterocycles. The second-order valence-corrected chi connectivity index (χ2v) is 5.56. The quantitative estimate of drug-likeness (QED) is 0.838. The number of nitrogen functional groups attached to an aromatic ring is 1. The van der Waals surface area contributed by atoms with Gasteiger partial charge in [0, 0.05) is 35.4 Å².